The van der Waals surface area contributed by atoms with E-state index in [0.717, 1.165) is 62.6 Å². The number of β-amino-alcohol motifs (C(OH)–C–C–N with tert-alkyl or cyclic N) is 1. The molecule has 2 aliphatic heterocycles. The maximum atomic E-state index is 15.2. The lowest BCUT2D eigenvalue weighted by molar-refractivity contribution is 0.0966. The second-order valence-corrected chi connectivity index (χ2v) is 11.1. The van der Waals surface area contributed by atoms with Gasteiger partial charge in [0.15, 0.2) is 5.82 Å². The summed E-state index contributed by atoms with van der Waals surface area (Å²) >= 11 is 0. The number of aliphatic hydroxyl groups excluding tert-OH is 1. The molecule has 1 saturated heterocycles. The van der Waals surface area contributed by atoms with Crippen LogP contribution in [0, 0.1) is 18.7 Å². The monoisotopic (exact) mass is 523 g/mol. The van der Waals surface area contributed by atoms with Crippen molar-refractivity contribution < 1.29 is 13.9 Å². The lowest BCUT2D eigenvalue weighted by Gasteiger charge is -2.37. The molecular formula is C28H35F2N7O. The van der Waals surface area contributed by atoms with Crippen LogP contribution in [0.5, 0.6) is 0 Å². The van der Waals surface area contributed by atoms with E-state index in [9.17, 15) is 9.50 Å². The zero-order chi connectivity index (χ0) is 26.4. The van der Waals surface area contributed by atoms with Crippen LogP contribution in [0.1, 0.15) is 68.9 Å². The smallest absolute Gasteiger partial charge is 0.228 e. The number of anilines is 1. The number of hydrogen-bond donors (Lipinski definition) is 2. The maximum Gasteiger partial charge on any atom is 0.228 e. The van der Waals surface area contributed by atoms with Gasteiger partial charge in [-0.05, 0) is 45.3 Å². The van der Waals surface area contributed by atoms with E-state index >= 15 is 4.39 Å². The maximum absolute atomic E-state index is 15.2. The minimum absolute atomic E-state index is 0.0229. The fourth-order valence-electron chi connectivity index (χ4n) is 6.51. The van der Waals surface area contributed by atoms with Gasteiger partial charge in [-0.25, -0.2) is 23.7 Å². The number of imidazole rings is 1. The third-order valence-corrected chi connectivity index (χ3v) is 8.22. The molecule has 0 radical (unpaired) electrons. The van der Waals surface area contributed by atoms with Crippen LogP contribution in [-0.2, 0) is 0 Å². The number of amidine groups is 1. The van der Waals surface area contributed by atoms with Crippen molar-refractivity contribution in [2.75, 3.05) is 25.0 Å². The minimum atomic E-state index is -0.552. The molecule has 6 rings (SSSR count). The Hall–Kier alpha value is -2.98. The molecule has 4 atom stereocenters. The zero-order valence-electron chi connectivity index (χ0n) is 21.9. The highest BCUT2D eigenvalue weighted by Crippen LogP contribution is 2.32. The highest BCUT2D eigenvalue weighted by atomic mass is 19.1. The number of nitrogens with zero attached hydrogens (tertiary/aromatic N) is 6. The average molecular weight is 524 g/mol. The Morgan fingerprint density at radius 2 is 2.00 bits per heavy atom. The number of piperidine rings is 1. The summed E-state index contributed by atoms with van der Waals surface area (Å²) in [6.45, 7) is 6.13. The second-order valence-electron chi connectivity index (χ2n) is 11.1. The van der Waals surface area contributed by atoms with Crippen molar-refractivity contribution in [1.82, 2.24) is 24.4 Å². The third kappa shape index (κ3) is 4.91. The summed E-state index contributed by atoms with van der Waals surface area (Å²) in [5.74, 6) is 0.543. The Kier molecular flexibility index (Phi) is 6.86. The number of aliphatic hydroxyl groups is 1. The number of halogens is 2. The van der Waals surface area contributed by atoms with Crippen molar-refractivity contribution in [2.24, 2.45) is 10.9 Å². The van der Waals surface area contributed by atoms with Crippen molar-refractivity contribution in [1.29, 1.82) is 0 Å². The zero-order valence-corrected chi connectivity index (χ0v) is 21.9. The number of hydrogen-bond acceptors (Lipinski definition) is 7. The summed E-state index contributed by atoms with van der Waals surface area (Å²) in [5, 5.41) is 14.0. The van der Waals surface area contributed by atoms with E-state index in [1.807, 2.05) is 26.0 Å². The summed E-state index contributed by atoms with van der Waals surface area (Å²) < 4.78 is 32.4. The Balaban J connectivity index is 1.23. The highest BCUT2D eigenvalue weighted by Gasteiger charge is 2.31. The summed E-state index contributed by atoms with van der Waals surface area (Å²) in [5.41, 5.74) is 0.171. The van der Waals surface area contributed by atoms with E-state index in [1.54, 1.807) is 0 Å². The van der Waals surface area contributed by atoms with Crippen LogP contribution in [0.25, 0.3) is 11.9 Å². The van der Waals surface area contributed by atoms with Crippen molar-refractivity contribution in [3.8, 4) is 0 Å². The predicted molar refractivity (Wildman–Crippen MR) is 142 cm³/mol. The molecule has 0 bridgehead atoms. The number of rotatable bonds is 5. The van der Waals surface area contributed by atoms with E-state index < -0.39 is 11.7 Å². The normalized spacial score (nSPS) is 26.5. The second kappa shape index (κ2) is 10.3. The first-order valence-corrected chi connectivity index (χ1v) is 13.8. The molecule has 4 heterocycles. The molecular weight excluding hydrogens is 488 g/mol. The van der Waals surface area contributed by atoms with Crippen molar-refractivity contribution in [3.05, 3.63) is 46.4 Å². The molecule has 8 nitrogen and oxygen atoms in total. The number of aliphatic imine (C=N–C) groups is 1. The molecule has 0 amide bonds. The number of aryl methyl sites for hydroxylation is 1. The van der Waals surface area contributed by atoms with Gasteiger partial charge < -0.3 is 19.9 Å². The van der Waals surface area contributed by atoms with Crippen LogP contribution in [0.15, 0.2) is 23.3 Å². The SMILES string of the molecule is Cc1nc2c(n1C1CCCC1)=CC(c1nc(NC3=NC4CCN(CC(C)O)CC4C=C3)ncc1F)CC=2F. The van der Waals surface area contributed by atoms with Crippen LogP contribution in [0.3, 0.4) is 0 Å². The molecule has 10 heteroatoms. The number of dihydropyridines is 1. The Labute approximate surface area is 220 Å². The number of likely N-dealkylation sites (tertiary alicyclic amines) is 1. The first kappa shape index (κ1) is 25.3. The first-order valence-electron chi connectivity index (χ1n) is 13.8. The number of aromatic nitrogens is 4. The first-order chi connectivity index (χ1) is 18.4. The Morgan fingerprint density at radius 3 is 2.79 bits per heavy atom. The molecule has 4 unspecified atom stereocenters. The van der Waals surface area contributed by atoms with Gasteiger partial charge in [0, 0.05) is 43.9 Å². The molecule has 1 saturated carbocycles. The van der Waals surface area contributed by atoms with Gasteiger partial charge in [-0.15, -0.1) is 0 Å². The van der Waals surface area contributed by atoms with Crippen LogP contribution < -0.4 is 16.0 Å². The summed E-state index contributed by atoms with van der Waals surface area (Å²) in [6.07, 6.45) is 12.1. The molecule has 0 spiro atoms. The van der Waals surface area contributed by atoms with Crippen molar-refractivity contribution >= 4 is 23.7 Å². The van der Waals surface area contributed by atoms with Gasteiger partial charge in [-0.2, -0.15) is 0 Å². The average Bonchev–Trinajstić information content (AvgIpc) is 3.52. The Bertz CT molecular complexity index is 1390. The molecule has 0 aromatic carbocycles. The van der Waals surface area contributed by atoms with Crippen LogP contribution in [0.4, 0.5) is 14.7 Å². The van der Waals surface area contributed by atoms with Crippen LogP contribution in [0.2, 0.25) is 0 Å². The highest BCUT2D eigenvalue weighted by molar-refractivity contribution is 6.03. The molecule has 2 aromatic rings. The van der Waals surface area contributed by atoms with Gasteiger partial charge in [0.1, 0.15) is 22.8 Å². The van der Waals surface area contributed by atoms with E-state index in [-0.39, 0.29) is 42.0 Å². The van der Waals surface area contributed by atoms with E-state index in [4.69, 9.17) is 4.99 Å². The lowest BCUT2D eigenvalue weighted by atomic mass is 9.90. The molecule has 38 heavy (non-hydrogen) atoms. The van der Waals surface area contributed by atoms with Gasteiger partial charge in [-0.1, -0.05) is 18.9 Å². The van der Waals surface area contributed by atoms with E-state index in [2.05, 4.69) is 35.8 Å². The summed E-state index contributed by atoms with van der Waals surface area (Å²) in [6, 6.07) is 0.445. The van der Waals surface area contributed by atoms with Crippen LogP contribution in [-0.4, -0.2) is 67.1 Å². The fourth-order valence-corrected chi connectivity index (χ4v) is 6.51. The molecule has 202 valence electrons. The van der Waals surface area contributed by atoms with Gasteiger partial charge in [0.25, 0.3) is 0 Å². The molecule has 2 aliphatic carbocycles. The van der Waals surface area contributed by atoms with Gasteiger partial charge in [0.05, 0.1) is 29.4 Å². The van der Waals surface area contributed by atoms with Crippen molar-refractivity contribution in [2.45, 2.75) is 76.5 Å². The molecule has 2 N–H and O–H groups in total. The van der Waals surface area contributed by atoms with Crippen molar-refractivity contribution in [3.63, 3.8) is 0 Å². The van der Waals surface area contributed by atoms with Gasteiger partial charge >= 0.3 is 0 Å². The third-order valence-electron chi connectivity index (χ3n) is 8.22. The lowest BCUT2D eigenvalue weighted by Crippen LogP contribution is -2.45. The van der Waals surface area contributed by atoms with Gasteiger partial charge in [-0.3, -0.25) is 4.99 Å². The molecule has 4 aliphatic rings. The van der Waals surface area contributed by atoms with E-state index in [0.29, 0.717) is 23.8 Å². The number of fused-ring (bicyclic) bond motifs is 2. The Morgan fingerprint density at radius 1 is 1.18 bits per heavy atom. The summed E-state index contributed by atoms with van der Waals surface area (Å²) in [7, 11) is 0. The summed E-state index contributed by atoms with van der Waals surface area (Å²) in [4.78, 5) is 20.3. The van der Waals surface area contributed by atoms with Gasteiger partial charge in [0.2, 0.25) is 5.95 Å². The molecule has 2 fully saturated rings. The van der Waals surface area contributed by atoms with E-state index in [1.165, 1.54) is 0 Å². The number of nitrogens with one attached hydrogen (secondary N) is 1. The fraction of sp³-hybridized carbons (Fsp3) is 0.571. The largest absolute Gasteiger partial charge is 0.392 e. The topological polar surface area (TPSA) is 91.5 Å². The van der Waals surface area contributed by atoms with Crippen LogP contribution >= 0.6 is 0 Å². The minimum Gasteiger partial charge on any atom is -0.392 e. The quantitative estimate of drug-likeness (QED) is 0.627. The predicted octanol–water partition coefficient (Wildman–Crippen LogP) is 2.73. The standard InChI is InChI=1S/C28H35F2N7O/c1-16(38)14-36-10-9-23-18(15-36)7-8-25(33-23)34-28-31-13-22(30)26(35-28)19-11-21(29)27-24(12-19)37(17(2)32-27)20-5-3-4-6-20/h7-8,12-13,16,18-20,23,38H,3-6,9-11,14-15H2,1-2H3,(H,31,33,34,35). The molecule has 2 aromatic heterocycles.